The van der Waals surface area contributed by atoms with E-state index in [1.54, 1.807) is 67.7 Å². The summed E-state index contributed by atoms with van der Waals surface area (Å²) >= 11 is 0. The van der Waals surface area contributed by atoms with Gasteiger partial charge in [-0.1, -0.05) is 72.8 Å². The molecule has 0 unspecified atom stereocenters. The van der Waals surface area contributed by atoms with E-state index < -0.39 is 17.6 Å². The Morgan fingerprint density at radius 3 is 1.41 bits per heavy atom. The van der Waals surface area contributed by atoms with Crippen LogP contribution in [0.3, 0.4) is 0 Å². The van der Waals surface area contributed by atoms with Crippen LogP contribution in [0.15, 0.2) is 143 Å². The summed E-state index contributed by atoms with van der Waals surface area (Å²) in [5.74, 6) is 0.127. The highest BCUT2D eigenvalue weighted by molar-refractivity contribution is 5.95. The summed E-state index contributed by atoms with van der Waals surface area (Å²) < 4.78 is 38.7. The molecule has 2 aliphatic carbocycles. The normalized spacial score (nSPS) is 15.0. The van der Waals surface area contributed by atoms with Crippen LogP contribution in [0.4, 0.5) is 8.78 Å². The first-order valence-corrected chi connectivity index (χ1v) is 26.9. The molecule has 4 aliphatic rings. The number of likely N-dealkylation sites (tertiary alicyclic amines) is 1. The van der Waals surface area contributed by atoms with E-state index in [0.717, 1.165) is 60.1 Å². The number of H-pyrrole nitrogens is 2. The maximum Gasteiger partial charge on any atom is 0.338 e. The lowest BCUT2D eigenvalue weighted by Crippen LogP contribution is -2.54. The molecule has 15 nitrogen and oxygen atoms in total. The summed E-state index contributed by atoms with van der Waals surface area (Å²) in [4.78, 5) is 55.0. The summed E-state index contributed by atoms with van der Waals surface area (Å²) in [5, 5.41) is 28.0. The molecule has 18 heteroatoms. The van der Waals surface area contributed by atoms with Crippen molar-refractivity contribution in [1.82, 2.24) is 40.4 Å². The first kappa shape index (κ1) is 56.9. The second-order valence-electron chi connectivity index (χ2n) is 21.0. The molecular formula is C62H65ClF2N8O7. The lowest BCUT2D eigenvalue weighted by Gasteiger charge is -2.42. The monoisotopic (exact) mass is 1110 g/mol. The lowest BCUT2D eigenvalue weighted by molar-refractivity contribution is 0.0391. The number of halogens is 3. The van der Waals surface area contributed by atoms with E-state index in [0.29, 0.717) is 64.6 Å². The highest BCUT2D eigenvalue weighted by Gasteiger charge is 2.37. The molecule has 0 radical (unpaired) electrons. The third-order valence-corrected chi connectivity index (χ3v) is 15.1. The van der Waals surface area contributed by atoms with E-state index in [9.17, 15) is 28.0 Å². The van der Waals surface area contributed by atoms with Gasteiger partial charge < -0.3 is 24.8 Å². The van der Waals surface area contributed by atoms with Crippen LogP contribution >= 0.6 is 12.4 Å². The SMILES string of the molecule is COc1ccc(CN(CC2CN(C(=O)c3cc(Cc4n[nH]c(=O)c5ccccc45)ccc3F)C2)C2CC2)cc1.COc1ccc(CN(CC2CNC2)C2CC2)cc1.Cl.O=C(O)c1cc(Cc2n[nH]c(=O)c3ccccc23)ccc1F. The number of nitrogens with one attached hydrogen (secondary N) is 3. The van der Waals surface area contributed by atoms with Crippen molar-refractivity contribution in [3.8, 4) is 11.5 Å². The van der Waals surface area contributed by atoms with Crippen molar-refractivity contribution in [2.75, 3.05) is 53.5 Å². The number of aromatic amines is 2. The molecule has 2 aromatic heterocycles. The van der Waals surface area contributed by atoms with Gasteiger partial charge in [0.05, 0.1) is 47.5 Å². The van der Waals surface area contributed by atoms with Gasteiger partial charge in [0.15, 0.2) is 0 Å². The summed E-state index contributed by atoms with van der Waals surface area (Å²) in [7, 11) is 3.39. The minimum atomic E-state index is -1.32. The molecule has 12 rings (SSSR count). The Kier molecular flexibility index (Phi) is 18.5. The number of amides is 1. The summed E-state index contributed by atoms with van der Waals surface area (Å²) in [6.07, 6.45) is 5.86. The number of rotatable bonds is 18. The average molecular weight is 1110 g/mol. The van der Waals surface area contributed by atoms with E-state index in [1.807, 2.05) is 24.3 Å². The van der Waals surface area contributed by atoms with Crippen LogP contribution in [0.1, 0.15) is 80.0 Å². The molecule has 2 saturated carbocycles. The lowest BCUT2D eigenvalue weighted by atomic mass is 9.96. The molecule has 4 fully saturated rings. The van der Waals surface area contributed by atoms with Crippen LogP contribution in [-0.4, -0.2) is 118 Å². The number of nitrogens with zero attached hydrogens (tertiary/aromatic N) is 5. The Morgan fingerprint density at radius 2 is 1.00 bits per heavy atom. The number of carboxylic acid groups (broad SMARTS) is 1. The summed E-state index contributed by atoms with van der Waals surface area (Å²) in [5.41, 5.74) is 4.45. The van der Waals surface area contributed by atoms with Gasteiger partial charge >= 0.3 is 5.97 Å². The fourth-order valence-corrected chi connectivity index (χ4v) is 10.3. The molecule has 0 bridgehead atoms. The molecule has 8 aromatic rings. The number of aromatic nitrogens is 4. The third-order valence-electron chi connectivity index (χ3n) is 15.1. The molecule has 2 aliphatic heterocycles. The molecule has 6 aromatic carbocycles. The van der Waals surface area contributed by atoms with Crippen molar-refractivity contribution >= 4 is 45.8 Å². The predicted molar refractivity (Wildman–Crippen MR) is 306 cm³/mol. The second-order valence-corrected chi connectivity index (χ2v) is 21.0. The highest BCUT2D eigenvalue weighted by Crippen LogP contribution is 2.33. The molecule has 4 heterocycles. The molecule has 4 N–H and O–H groups in total. The summed E-state index contributed by atoms with van der Waals surface area (Å²) in [6.45, 7) is 7.80. The van der Waals surface area contributed by atoms with Crippen molar-refractivity contribution in [2.24, 2.45) is 11.8 Å². The maximum absolute atomic E-state index is 14.8. The van der Waals surface area contributed by atoms with Crippen molar-refractivity contribution in [2.45, 2.75) is 63.7 Å². The van der Waals surface area contributed by atoms with Gasteiger partial charge in [0, 0.05) is 94.0 Å². The molecular weight excluding hydrogens is 1040 g/mol. The number of carbonyl (C=O) groups is 2. The molecule has 0 spiro atoms. The maximum atomic E-state index is 14.8. The van der Waals surface area contributed by atoms with E-state index >= 15 is 0 Å². The first-order chi connectivity index (χ1) is 38.4. The third kappa shape index (κ3) is 14.1. The van der Waals surface area contributed by atoms with Gasteiger partial charge in [0.25, 0.3) is 17.0 Å². The van der Waals surface area contributed by atoms with Gasteiger partial charge in [-0.15, -0.1) is 12.4 Å². The largest absolute Gasteiger partial charge is 0.497 e. The van der Waals surface area contributed by atoms with E-state index in [4.69, 9.17) is 14.6 Å². The van der Waals surface area contributed by atoms with Crippen LogP contribution in [0.25, 0.3) is 21.5 Å². The highest BCUT2D eigenvalue weighted by atomic mass is 35.5. The topological polar surface area (TPSA) is 186 Å². The number of benzene rings is 6. The molecule has 1 amide bonds. The number of aromatic carboxylic acids is 1. The Balaban J connectivity index is 0.000000159. The molecule has 416 valence electrons. The number of carbonyl (C=O) groups excluding carboxylic acids is 1. The molecule has 2 saturated heterocycles. The zero-order valence-electron chi connectivity index (χ0n) is 44.7. The Hall–Kier alpha value is -7.83. The zero-order chi connectivity index (χ0) is 55.0. The van der Waals surface area contributed by atoms with Crippen LogP contribution in [-0.2, 0) is 25.9 Å². The second kappa shape index (κ2) is 26.0. The first-order valence-electron chi connectivity index (χ1n) is 26.9. The number of hydrogen-bond donors (Lipinski definition) is 4. The average Bonchev–Trinajstić information content (AvgIpc) is 4.40. The standard InChI is InChI=1S/C31H31FN4O3.C16H11FN2O3.C15H22N2O.ClH/c1-39-24-11-6-20(7-12-24)16-35(23-9-10-23)17-22-18-36(19-22)31(38)27-14-21(8-13-28(27)32)15-29-25-4-2-3-5-26(25)30(37)34-33-29;17-13-6-5-9(7-12(13)16(21)22)8-14-10-3-1-2-4-11(10)15(20)19-18-14;1-18-15-6-2-12(3-7-15)10-17(14-4-5-14)11-13-8-16-9-13;/h2-8,11-14,22-23H,9-10,15-19H2,1H3,(H,34,37);1-7H,8H2,(H,19,20)(H,21,22);2-3,6-7,13-14,16H,4-5,8-11H2,1H3;1H. The Morgan fingerprint density at radius 1 is 0.588 bits per heavy atom. The smallest absolute Gasteiger partial charge is 0.338 e. The number of ether oxygens (including phenoxy) is 2. The van der Waals surface area contributed by atoms with Crippen LogP contribution < -0.4 is 25.9 Å². The fourth-order valence-electron chi connectivity index (χ4n) is 10.3. The zero-order valence-corrected chi connectivity index (χ0v) is 45.5. The van der Waals surface area contributed by atoms with Crippen molar-refractivity contribution in [1.29, 1.82) is 0 Å². The Bertz CT molecular complexity index is 3570. The Labute approximate surface area is 468 Å². The van der Waals surface area contributed by atoms with Crippen LogP contribution in [0.5, 0.6) is 11.5 Å². The van der Waals surface area contributed by atoms with E-state index in [2.05, 4.69) is 71.9 Å². The van der Waals surface area contributed by atoms with Gasteiger partial charge in [-0.25, -0.2) is 23.8 Å². The predicted octanol–water partition coefficient (Wildman–Crippen LogP) is 9.05. The number of carboxylic acids is 1. The van der Waals surface area contributed by atoms with Gasteiger partial charge in [-0.3, -0.25) is 24.2 Å². The number of methoxy groups -OCH3 is 2. The van der Waals surface area contributed by atoms with Gasteiger partial charge in [0.2, 0.25) is 0 Å². The van der Waals surface area contributed by atoms with Gasteiger partial charge in [-0.05, 0) is 115 Å². The quantitative estimate of drug-likeness (QED) is 0.0640. The van der Waals surface area contributed by atoms with Crippen molar-refractivity contribution in [3.05, 3.63) is 211 Å². The van der Waals surface area contributed by atoms with E-state index in [-0.39, 0.29) is 47.0 Å². The summed E-state index contributed by atoms with van der Waals surface area (Å²) in [6, 6.07) is 40.9. The minimum Gasteiger partial charge on any atom is -0.497 e. The number of fused-ring (bicyclic) bond motifs is 2. The van der Waals surface area contributed by atoms with Crippen LogP contribution in [0.2, 0.25) is 0 Å². The molecule has 80 heavy (non-hydrogen) atoms. The van der Waals surface area contributed by atoms with Crippen molar-refractivity contribution in [3.63, 3.8) is 0 Å². The van der Waals surface area contributed by atoms with Crippen LogP contribution in [0, 0.1) is 23.5 Å². The van der Waals surface area contributed by atoms with Gasteiger partial charge in [0.1, 0.15) is 23.1 Å². The van der Waals surface area contributed by atoms with E-state index in [1.165, 1.54) is 74.6 Å². The number of hydrogen-bond acceptors (Lipinski definition) is 11. The molecule has 0 atom stereocenters. The minimum absolute atomic E-state index is 0. The van der Waals surface area contributed by atoms with Crippen molar-refractivity contribution < 1.29 is 33.0 Å². The van der Waals surface area contributed by atoms with Gasteiger partial charge in [-0.2, -0.15) is 10.2 Å². The fraction of sp³-hybridized carbons (Fsp3) is 0.323.